The average Bonchev–Trinajstić information content (AvgIpc) is 2.67. The maximum atomic E-state index is 12.7. The molecule has 3 heterocycles. The number of ether oxygens (including phenoxy) is 2. The van der Waals surface area contributed by atoms with Crippen molar-refractivity contribution in [3.63, 3.8) is 0 Å². The predicted octanol–water partition coefficient (Wildman–Crippen LogP) is 2.58. The highest BCUT2D eigenvalue weighted by molar-refractivity contribution is 5.94. The molecule has 0 bridgehead atoms. The quantitative estimate of drug-likeness (QED) is 0.809. The highest BCUT2D eigenvalue weighted by Gasteiger charge is 2.33. The number of methoxy groups -OCH3 is 1. The van der Waals surface area contributed by atoms with E-state index >= 15 is 0 Å². The molecule has 1 saturated heterocycles. The Hall–Kier alpha value is -2.91. The van der Waals surface area contributed by atoms with Gasteiger partial charge in [0, 0.05) is 30.6 Å². The van der Waals surface area contributed by atoms with Crippen molar-refractivity contribution in [1.29, 1.82) is 0 Å². The lowest BCUT2D eigenvalue weighted by Crippen LogP contribution is -2.44. The molecular formula is C17H17F3N4O3. The Morgan fingerprint density at radius 2 is 2.04 bits per heavy atom. The van der Waals surface area contributed by atoms with Crippen LogP contribution < -0.4 is 9.47 Å². The molecule has 0 saturated carbocycles. The topological polar surface area (TPSA) is 77.4 Å². The van der Waals surface area contributed by atoms with Gasteiger partial charge in [-0.05, 0) is 25.0 Å². The third-order valence-corrected chi connectivity index (χ3v) is 4.05. The van der Waals surface area contributed by atoms with E-state index in [-0.39, 0.29) is 18.5 Å². The number of rotatable bonds is 4. The van der Waals surface area contributed by atoms with Crippen molar-refractivity contribution in [1.82, 2.24) is 19.9 Å². The Bertz CT molecular complexity index is 816. The summed E-state index contributed by atoms with van der Waals surface area (Å²) in [6, 6.07) is 3.53. The number of carbonyl (C=O) groups excluding carboxylic acids is 1. The van der Waals surface area contributed by atoms with Crippen molar-refractivity contribution in [3.8, 4) is 11.9 Å². The summed E-state index contributed by atoms with van der Waals surface area (Å²) >= 11 is 0. The van der Waals surface area contributed by atoms with Gasteiger partial charge in [0.05, 0.1) is 13.7 Å². The molecule has 7 nitrogen and oxygen atoms in total. The van der Waals surface area contributed by atoms with Crippen LogP contribution in [0.2, 0.25) is 0 Å². The van der Waals surface area contributed by atoms with Crippen molar-refractivity contribution >= 4 is 5.91 Å². The molecule has 0 aromatic carbocycles. The van der Waals surface area contributed by atoms with E-state index in [2.05, 4.69) is 15.0 Å². The highest BCUT2D eigenvalue weighted by atomic mass is 19.4. The lowest BCUT2D eigenvalue weighted by molar-refractivity contribution is -0.141. The number of hydrogen-bond donors (Lipinski definition) is 0. The molecule has 1 fully saturated rings. The maximum Gasteiger partial charge on any atom is 0.433 e. The van der Waals surface area contributed by atoms with Crippen LogP contribution in [0.3, 0.4) is 0 Å². The van der Waals surface area contributed by atoms with Gasteiger partial charge in [-0.25, -0.2) is 9.97 Å². The summed E-state index contributed by atoms with van der Waals surface area (Å²) in [4.78, 5) is 25.3. The van der Waals surface area contributed by atoms with Crippen LogP contribution in [0, 0.1) is 0 Å². The first-order valence-electron chi connectivity index (χ1n) is 8.23. The number of hydrogen-bond acceptors (Lipinski definition) is 6. The van der Waals surface area contributed by atoms with E-state index in [4.69, 9.17) is 9.47 Å². The molecule has 1 unspecified atom stereocenters. The first kappa shape index (κ1) is 18.9. The third kappa shape index (κ3) is 4.63. The zero-order chi connectivity index (χ0) is 19.4. The fourth-order valence-corrected chi connectivity index (χ4v) is 2.76. The Kier molecular flexibility index (Phi) is 5.43. The number of halogens is 3. The molecule has 27 heavy (non-hydrogen) atoms. The van der Waals surface area contributed by atoms with E-state index in [1.165, 1.54) is 19.4 Å². The summed E-state index contributed by atoms with van der Waals surface area (Å²) in [7, 11) is 1.45. The minimum absolute atomic E-state index is 0.225. The largest absolute Gasteiger partial charge is 0.481 e. The molecule has 2 aromatic heterocycles. The summed E-state index contributed by atoms with van der Waals surface area (Å²) in [5.74, 6) is 0.0944. The summed E-state index contributed by atoms with van der Waals surface area (Å²) in [6.07, 6.45) is -1.35. The van der Waals surface area contributed by atoms with Gasteiger partial charge in [-0.15, -0.1) is 0 Å². The van der Waals surface area contributed by atoms with Gasteiger partial charge in [-0.2, -0.15) is 18.2 Å². The number of carbonyl (C=O) groups is 1. The molecule has 0 N–H and O–H groups in total. The Morgan fingerprint density at radius 3 is 2.78 bits per heavy atom. The second-order valence-electron chi connectivity index (χ2n) is 5.94. The van der Waals surface area contributed by atoms with Crippen molar-refractivity contribution in [2.45, 2.75) is 25.1 Å². The van der Waals surface area contributed by atoms with Gasteiger partial charge in [-0.3, -0.25) is 4.79 Å². The van der Waals surface area contributed by atoms with Gasteiger partial charge in [0.1, 0.15) is 6.10 Å². The summed E-state index contributed by atoms with van der Waals surface area (Å²) in [5, 5.41) is 0. The predicted molar refractivity (Wildman–Crippen MR) is 87.4 cm³/mol. The van der Waals surface area contributed by atoms with Crippen molar-refractivity contribution in [3.05, 3.63) is 41.9 Å². The summed E-state index contributed by atoms with van der Waals surface area (Å²) in [6.45, 7) is 0.746. The molecule has 2 aromatic rings. The SMILES string of the molecule is COc1cc(C(=O)N2CCCC(Oc3nccc(C(F)(F)F)n3)C2)ccn1. The number of amides is 1. The number of likely N-dealkylation sites (tertiary alicyclic amines) is 1. The first-order valence-corrected chi connectivity index (χ1v) is 8.23. The monoisotopic (exact) mass is 382 g/mol. The number of nitrogens with zero attached hydrogens (tertiary/aromatic N) is 4. The molecule has 3 rings (SSSR count). The zero-order valence-electron chi connectivity index (χ0n) is 14.4. The Balaban J connectivity index is 1.68. The second-order valence-corrected chi connectivity index (χ2v) is 5.94. The zero-order valence-corrected chi connectivity index (χ0v) is 14.4. The fraction of sp³-hybridized carbons (Fsp3) is 0.412. The first-order chi connectivity index (χ1) is 12.9. The van der Waals surface area contributed by atoms with Crippen LogP contribution in [0.25, 0.3) is 0 Å². The number of aromatic nitrogens is 3. The third-order valence-electron chi connectivity index (χ3n) is 4.05. The molecule has 0 radical (unpaired) electrons. The van der Waals surface area contributed by atoms with E-state index in [0.717, 1.165) is 12.3 Å². The fourth-order valence-electron chi connectivity index (χ4n) is 2.76. The van der Waals surface area contributed by atoms with Gasteiger partial charge < -0.3 is 14.4 Å². The minimum Gasteiger partial charge on any atom is -0.481 e. The normalized spacial score (nSPS) is 17.5. The molecule has 144 valence electrons. The van der Waals surface area contributed by atoms with Crippen molar-refractivity contribution in [2.24, 2.45) is 0 Å². The molecule has 1 amide bonds. The van der Waals surface area contributed by atoms with Gasteiger partial charge in [0.2, 0.25) is 5.88 Å². The number of alkyl halides is 3. The molecular weight excluding hydrogens is 365 g/mol. The maximum absolute atomic E-state index is 12.7. The van der Waals surface area contributed by atoms with Crippen LogP contribution in [-0.4, -0.2) is 52.1 Å². The van der Waals surface area contributed by atoms with Crippen LogP contribution >= 0.6 is 0 Å². The van der Waals surface area contributed by atoms with Crippen molar-refractivity contribution in [2.75, 3.05) is 20.2 Å². The van der Waals surface area contributed by atoms with Crippen molar-refractivity contribution < 1.29 is 27.4 Å². The van der Waals surface area contributed by atoms with E-state index in [1.54, 1.807) is 11.0 Å². The standard InChI is InChI=1S/C17H17F3N4O3/c1-26-14-9-11(4-6-21-14)15(25)24-8-2-3-12(10-24)27-16-22-7-5-13(23-16)17(18,19)20/h4-7,9,12H,2-3,8,10H2,1H3. The van der Waals surface area contributed by atoms with Crippen LogP contribution in [0.5, 0.6) is 11.9 Å². The molecule has 10 heteroatoms. The molecule has 1 aliphatic rings. The van der Waals surface area contributed by atoms with E-state index < -0.39 is 18.0 Å². The van der Waals surface area contributed by atoms with E-state index in [1.807, 2.05) is 0 Å². The van der Waals surface area contributed by atoms with Gasteiger partial charge >= 0.3 is 12.2 Å². The van der Waals surface area contributed by atoms with Crippen LogP contribution in [0.1, 0.15) is 28.9 Å². The second kappa shape index (κ2) is 7.77. The Labute approximate surface area is 153 Å². The van der Waals surface area contributed by atoms with Crippen LogP contribution in [0.15, 0.2) is 30.6 Å². The van der Waals surface area contributed by atoms with E-state index in [0.29, 0.717) is 30.8 Å². The average molecular weight is 382 g/mol. The van der Waals surface area contributed by atoms with Gasteiger partial charge in [0.15, 0.2) is 5.69 Å². The highest BCUT2D eigenvalue weighted by Crippen LogP contribution is 2.28. The molecule has 0 aliphatic carbocycles. The lowest BCUT2D eigenvalue weighted by atomic mass is 10.1. The molecule has 1 atom stereocenters. The Morgan fingerprint density at radius 1 is 1.26 bits per heavy atom. The van der Waals surface area contributed by atoms with E-state index in [9.17, 15) is 18.0 Å². The van der Waals surface area contributed by atoms with Crippen LogP contribution in [0.4, 0.5) is 13.2 Å². The summed E-state index contributed by atoms with van der Waals surface area (Å²) < 4.78 is 48.8. The number of pyridine rings is 1. The molecule has 1 aliphatic heterocycles. The van der Waals surface area contributed by atoms with Crippen LogP contribution in [-0.2, 0) is 6.18 Å². The number of piperidine rings is 1. The minimum atomic E-state index is -4.57. The summed E-state index contributed by atoms with van der Waals surface area (Å²) in [5.41, 5.74) is -0.655. The molecule has 0 spiro atoms. The van der Waals surface area contributed by atoms with Gasteiger partial charge in [-0.1, -0.05) is 0 Å². The smallest absolute Gasteiger partial charge is 0.433 e. The van der Waals surface area contributed by atoms with Gasteiger partial charge in [0.25, 0.3) is 5.91 Å². The lowest BCUT2D eigenvalue weighted by Gasteiger charge is -2.32.